The van der Waals surface area contributed by atoms with Crippen LogP contribution in [0.3, 0.4) is 0 Å². The zero-order valence-corrected chi connectivity index (χ0v) is 16.7. The Balaban J connectivity index is 2.08. The SMILES string of the molecule is COc1cc(-c2cccs2)c(C(Nc2ccc(C(=N)N)cc2)C(=O)O)cc1OC. The molecule has 29 heavy (non-hydrogen) atoms. The van der Waals surface area contributed by atoms with Crippen molar-refractivity contribution in [3.05, 3.63) is 65.0 Å². The highest BCUT2D eigenvalue weighted by molar-refractivity contribution is 7.13. The van der Waals surface area contributed by atoms with Gasteiger partial charge in [0.2, 0.25) is 0 Å². The van der Waals surface area contributed by atoms with Gasteiger partial charge in [0.15, 0.2) is 17.5 Å². The van der Waals surface area contributed by atoms with Crippen LogP contribution < -0.4 is 20.5 Å². The minimum absolute atomic E-state index is 0.0498. The van der Waals surface area contributed by atoms with Gasteiger partial charge in [-0.25, -0.2) is 4.79 Å². The molecular formula is C21H21N3O4S. The topological polar surface area (TPSA) is 118 Å². The van der Waals surface area contributed by atoms with Crippen LogP contribution in [0.4, 0.5) is 5.69 Å². The molecule has 0 fully saturated rings. The second-order valence-corrected chi connectivity index (χ2v) is 7.13. The number of nitrogens with two attached hydrogens (primary N) is 1. The van der Waals surface area contributed by atoms with Crippen LogP contribution in [0.15, 0.2) is 53.9 Å². The van der Waals surface area contributed by atoms with Gasteiger partial charge < -0.3 is 25.6 Å². The van der Waals surface area contributed by atoms with Crippen molar-refractivity contribution in [3.8, 4) is 21.9 Å². The smallest absolute Gasteiger partial charge is 0.330 e. The lowest BCUT2D eigenvalue weighted by Crippen LogP contribution is -2.21. The molecule has 1 unspecified atom stereocenters. The van der Waals surface area contributed by atoms with Crippen molar-refractivity contribution < 1.29 is 19.4 Å². The van der Waals surface area contributed by atoms with Gasteiger partial charge in [0.25, 0.3) is 0 Å². The quantitative estimate of drug-likeness (QED) is 0.329. The molecule has 0 aliphatic rings. The number of hydrogen-bond donors (Lipinski definition) is 4. The maximum atomic E-state index is 12.2. The van der Waals surface area contributed by atoms with E-state index in [-0.39, 0.29) is 5.84 Å². The highest BCUT2D eigenvalue weighted by Gasteiger charge is 2.26. The maximum absolute atomic E-state index is 12.2. The van der Waals surface area contributed by atoms with E-state index in [1.807, 2.05) is 17.5 Å². The lowest BCUT2D eigenvalue weighted by atomic mass is 9.97. The molecule has 5 N–H and O–H groups in total. The van der Waals surface area contributed by atoms with Crippen LogP contribution in [-0.4, -0.2) is 31.1 Å². The number of rotatable bonds is 8. The molecule has 0 spiro atoms. The summed E-state index contributed by atoms with van der Waals surface area (Å²) in [5.74, 6) is -0.116. The zero-order valence-electron chi connectivity index (χ0n) is 15.9. The number of aliphatic carboxylic acids is 1. The third-order valence-electron chi connectivity index (χ3n) is 4.41. The van der Waals surface area contributed by atoms with E-state index in [9.17, 15) is 9.90 Å². The number of methoxy groups -OCH3 is 2. The Kier molecular flexibility index (Phi) is 6.04. The number of ether oxygens (including phenoxy) is 2. The van der Waals surface area contributed by atoms with E-state index < -0.39 is 12.0 Å². The number of carboxylic acids is 1. The summed E-state index contributed by atoms with van der Waals surface area (Å²) in [6.07, 6.45) is 0. The van der Waals surface area contributed by atoms with E-state index in [0.717, 1.165) is 10.4 Å². The fraction of sp³-hybridized carbons (Fsp3) is 0.143. The van der Waals surface area contributed by atoms with Gasteiger partial charge in [0.1, 0.15) is 5.84 Å². The van der Waals surface area contributed by atoms with E-state index in [2.05, 4.69) is 5.32 Å². The fourth-order valence-corrected chi connectivity index (χ4v) is 3.73. The third-order valence-corrected chi connectivity index (χ3v) is 5.31. The molecule has 1 atom stereocenters. The Morgan fingerprint density at radius 3 is 2.31 bits per heavy atom. The summed E-state index contributed by atoms with van der Waals surface area (Å²) in [5.41, 5.74) is 7.93. The number of carbonyl (C=O) groups is 1. The van der Waals surface area contributed by atoms with Crippen LogP contribution in [0.2, 0.25) is 0 Å². The van der Waals surface area contributed by atoms with E-state index in [1.165, 1.54) is 18.4 Å². The first kappa shape index (κ1) is 20.2. The molecule has 150 valence electrons. The molecule has 3 aromatic rings. The maximum Gasteiger partial charge on any atom is 0.330 e. The normalized spacial score (nSPS) is 11.5. The molecule has 1 heterocycles. The predicted octanol–water partition coefficient (Wildman–Crippen LogP) is 3.95. The molecular weight excluding hydrogens is 390 g/mol. The number of thiophene rings is 1. The van der Waals surface area contributed by atoms with Gasteiger partial charge in [0, 0.05) is 21.7 Å². The van der Waals surface area contributed by atoms with Crippen molar-refractivity contribution >= 4 is 28.8 Å². The molecule has 0 saturated heterocycles. The Morgan fingerprint density at radius 1 is 1.14 bits per heavy atom. The third kappa shape index (κ3) is 4.33. The van der Waals surface area contributed by atoms with Crippen molar-refractivity contribution in [3.63, 3.8) is 0 Å². The van der Waals surface area contributed by atoms with Crippen molar-refractivity contribution in [2.45, 2.75) is 6.04 Å². The van der Waals surface area contributed by atoms with Crippen LogP contribution in [0.1, 0.15) is 17.2 Å². The molecule has 0 radical (unpaired) electrons. The van der Waals surface area contributed by atoms with Crippen molar-refractivity contribution in [1.29, 1.82) is 5.41 Å². The van der Waals surface area contributed by atoms with Gasteiger partial charge in [-0.1, -0.05) is 6.07 Å². The molecule has 2 aromatic carbocycles. The molecule has 7 nitrogen and oxygen atoms in total. The molecule has 0 amide bonds. The minimum Gasteiger partial charge on any atom is -0.493 e. The second kappa shape index (κ2) is 8.66. The highest BCUT2D eigenvalue weighted by atomic mass is 32.1. The monoisotopic (exact) mass is 411 g/mol. The first-order valence-electron chi connectivity index (χ1n) is 8.68. The molecule has 1 aromatic heterocycles. The van der Waals surface area contributed by atoms with E-state index in [4.69, 9.17) is 20.6 Å². The van der Waals surface area contributed by atoms with Crippen LogP contribution in [0.25, 0.3) is 10.4 Å². The Labute approximate surface area is 172 Å². The Hall–Kier alpha value is -3.52. The number of benzene rings is 2. The lowest BCUT2D eigenvalue weighted by molar-refractivity contribution is -0.138. The summed E-state index contributed by atoms with van der Waals surface area (Å²) in [6.45, 7) is 0. The molecule has 8 heteroatoms. The summed E-state index contributed by atoms with van der Waals surface area (Å²) in [6, 6.07) is 13.0. The molecule has 3 rings (SSSR count). The molecule has 0 aliphatic heterocycles. The van der Waals surface area contributed by atoms with Gasteiger partial charge >= 0.3 is 5.97 Å². The zero-order chi connectivity index (χ0) is 21.0. The van der Waals surface area contributed by atoms with E-state index >= 15 is 0 Å². The number of nitrogen functional groups attached to an aromatic ring is 1. The van der Waals surface area contributed by atoms with Crippen LogP contribution in [0, 0.1) is 5.41 Å². The minimum atomic E-state index is -1.04. The van der Waals surface area contributed by atoms with Gasteiger partial charge in [0.05, 0.1) is 14.2 Å². The van der Waals surface area contributed by atoms with Gasteiger partial charge in [-0.3, -0.25) is 5.41 Å². The number of carboxylic acid groups (broad SMARTS) is 1. The van der Waals surface area contributed by atoms with Crippen molar-refractivity contribution in [2.75, 3.05) is 19.5 Å². The Bertz CT molecular complexity index is 1020. The van der Waals surface area contributed by atoms with E-state index in [0.29, 0.717) is 28.3 Å². The number of hydrogen-bond acceptors (Lipinski definition) is 6. The number of nitrogens with one attached hydrogen (secondary N) is 2. The largest absolute Gasteiger partial charge is 0.493 e. The lowest BCUT2D eigenvalue weighted by Gasteiger charge is -2.21. The number of anilines is 1. The van der Waals surface area contributed by atoms with Crippen LogP contribution in [0.5, 0.6) is 11.5 Å². The molecule has 0 bridgehead atoms. The summed E-state index contributed by atoms with van der Waals surface area (Å²) in [5, 5.41) is 22.4. The fourth-order valence-electron chi connectivity index (χ4n) is 2.96. The summed E-state index contributed by atoms with van der Waals surface area (Å²) >= 11 is 1.51. The van der Waals surface area contributed by atoms with Crippen molar-refractivity contribution in [1.82, 2.24) is 0 Å². The van der Waals surface area contributed by atoms with Gasteiger partial charge in [-0.15, -0.1) is 11.3 Å². The summed E-state index contributed by atoms with van der Waals surface area (Å²) in [7, 11) is 3.05. The summed E-state index contributed by atoms with van der Waals surface area (Å²) in [4.78, 5) is 13.1. The highest BCUT2D eigenvalue weighted by Crippen LogP contribution is 2.40. The standard InChI is InChI=1S/C21H21N3O4S/c1-27-16-10-14(18-4-3-9-29-18)15(11-17(16)28-2)19(21(25)26)24-13-7-5-12(6-8-13)20(22)23/h3-11,19,24H,1-2H3,(H3,22,23)(H,25,26). The predicted molar refractivity (Wildman–Crippen MR) is 114 cm³/mol. The molecule has 0 aliphatic carbocycles. The molecule has 0 saturated carbocycles. The van der Waals surface area contributed by atoms with Gasteiger partial charge in [-0.05, 0) is 53.4 Å². The first-order chi connectivity index (χ1) is 13.9. The summed E-state index contributed by atoms with van der Waals surface area (Å²) < 4.78 is 10.8. The number of amidine groups is 1. The van der Waals surface area contributed by atoms with Crippen LogP contribution >= 0.6 is 11.3 Å². The second-order valence-electron chi connectivity index (χ2n) is 6.18. The van der Waals surface area contributed by atoms with Crippen molar-refractivity contribution in [2.24, 2.45) is 5.73 Å². The van der Waals surface area contributed by atoms with Crippen LogP contribution in [-0.2, 0) is 4.79 Å². The van der Waals surface area contributed by atoms with Gasteiger partial charge in [-0.2, -0.15) is 0 Å². The Morgan fingerprint density at radius 2 is 1.79 bits per heavy atom. The first-order valence-corrected chi connectivity index (χ1v) is 9.56. The van der Waals surface area contributed by atoms with E-state index in [1.54, 1.807) is 43.5 Å². The average Bonchev–Trinajstić information content (AvgIpc) is 3.25. The average molecular weight is 411 g/mol.